The van der Waals surface area contributed by atoms with Gasteiger partial charge in [-0.2, -0.15) is 0 Å². The fraction of sp³-hybridized carbons (Fsp3) is 0.357. The number of benzene rings is 1. The van der Waals surface area contributed by atoms with Crippen molar-refractivity contribution in [1.82, 2.24) is 4.98 Å². The number of nitrogens with zero attached hydrogens (tertiary/aromatic N) is 1. The van der Waals surface area contributed by atoms with Crippen LogP contribution in [0.1, 0.15) is 13.3 Å². The second-order valence-corrected chi connectivity index (χ2v) is 4.78. The van der Waals surface area contributed by atoms with E-state index in [1.54, 1.807) is 6.20 Å². The number of fused-ring (bicyclic) bond motifs is 2. The molecule has 1 aromatic carbocycles. The molecule has 0 bridgehead atoms. The molecule has 19 heavy (non-hydrogen) atoms. The van der Waals surface area contributed by atoms with Crippen molar-refractivity contribution in [2.75, 3.05) is 18.7 Å². The zero-order valence-electron chi connectivity index (χ0n) is 10.8. The number of pyridine rings is 1. The summed E-state index contributed by atoms with van der Waals surface area (Å²) in [6.07, 6.45) is 2.70. The molecule has 1 aromatic heterocycles. The monoisotopic (exact) mass is 259 g/mol. The van der Waals surface area contributed by atoms with E-state index in [1.165, 1.54) is 0 Å². The van der Waals surface area contributed by atoms with Crippen molar-refractivity contribution in [3.05, 3.63) is 24.4 Å². The highest BCUT2D eigenvalue weighted by Gasteiger charge is 2.15. The minimum absolute atomic E-state index is 0.184. The molecule has 1 unspecified atom stereocenters. The third-order valence-electron chi connectivity index (χ3n) is 3.15. The molecular formula is C14H17N3O2. The van der Waals surface area contributed by atoms with Crippen LogP contribution in [0, 0.1) is 0 Å². The van der Waals surface area contributed by atoms with E-state index in [2.05, 4.69) is 10.3 Å². The van der Waals surface area contributed by atoms with Crippen LogP contribution in [-0.2, 0) is 0 Å². The summed E-state index contributed by atoms with van der Waals surface area (Å²) in [6, 6.07) is 6.10. The Hall–Kier alpha value is -2.01. The van der Waals surface area contributed by atoms with Crippen molar-refractivity contribution in [2.24, 2.45) is 5.73 Å². The summed E-state index contributed by atoms with van der Waals surface area (Å²) in [5.74, 6) is 2.42. The molecule has 3 rings (SSSR count). The van der Waals surface area contributed by atoms with Crippen LogP contribution in [0.4, 0.5) is 5.82 Å². The Kier molecular flexibility index (Phi) is 3.13. The summed E-state index contributed by atoms with van der Waals surface area (Å²) in [4.78, 5) is 4.38. The van der Waals surface area contributed by atoms with E-state index < -0.39 is 0 Å². The van der Waals surface area contributed by atoms with Crippen molar-refractivity contribution >= 4 is 16.6 Å². The fourth-order valence-corrected chi connectivity index (χ4v) is 2.12. The first-order valence-electron chi connectivity index (χ1n) is 6.42. The summed E-state index contributed by atoms with van der Waals surface area (Å²) >= 11 is 0. The van der Waals surface area contributed by atoms with Gasteiger partial charge in [0.25, 0.3) is 0 Å². The average molecular weight is 259 g/mol. The van der Waals surface area contributed by atoms with Crippen LogP contribution >= 0.6 is 0 Å². The number of nitrogens with two attached hydrogens (primary N) is 1. The van der Waals surface area contributed by atoms with Gasteiger partial charge in [0.2, 0.25) is 6.79 Å². The molecule has 0 spiro atoms. The first kappa shape index (κ1) is 12.0. The number of nitrogens with one attached hydrogen (secondary N) is 1. The second kappa shape index (κ2) is 4.93. The highest BCUT2D eigenvalue weighted by molar-refractivity contribution is 5.94. The molecule has 0 saturated heterocycles. The Labute approximate surface area is 111 Å². The fourth-order valence-electron chi connectivity index (χ4n) is 2.12. The molecule has 5 heteroatoms. The minimum Gasteiger partial charge on any atom is -0.454 e. The minimum atomic E-state index is 0.184. The Morgan fingerprint density at radius 1 is 1.37 bits per heavy atom. The van der Waals surface area contributed by atoms with Crippen molar-refractivity contribution in [1.29, 1.82) is 0 Å². The van der Waals surface area contributed by atoms with Crippen LogP contribution in [-0.4, -0.2) is 24.4 Å². The summed E-state index contributed by atoms with van der Waals surface area (Å²) < 4.78 is 10.8. The van der Waals surface area contributed by atoms with Gasteiger partial charge in [0.15, 0.2) is 11.5 Å². The first-order chi connectivity index (χ1) is 9.24. The lowest BCUT2D eigenvalue weighted by molar-refractivity contribution is 0.174. The maximum atomic E-state index is 5.75. The molecule has 1 aliphatic heterocycles. The van der Waals surface area contributed by atoms with E-state index in [9.17, 15) is 0 Å². The van der Waals surface area contributed by atoms with Crippen molar-refractivity contribution in [3.8, 4) is 11.5 Å². The summed E-state index contributed by atoms with van der Waals surface area (Å²) in [5, 5.41) is 5.45. The Morgan fingerprint density at radius 2 is 2.16 bits per heavy atom. The molecule has 0 aliphatic carbocycles. The molecule has 3 N–H and O–H groups in total. The summed E-state index contributed by atoms with van der Waals surface area (Å²) in [7, 11) is 0. The van der Waals surface area contributed by atoms with Gasteiger partial charge in [0, 0.05) is 24.2 Å². The van der Waals surface area contributed by atoms with Crippen LogP contribution in [0.15, 0.2) is 24.4 Å². The van der Waals surface area contributed by atoms with Gasteiger partial charge in [0.05, 0.1) is 0 Å². The maximum Gasteiger partial charge on any atom is 0.231 e. The van der Waals surface area contributed by atoms with Gasteiger partial charge in [-0.1, -0.05) is 0 Å². The molecule has 0 fully saturated rings. The van der Waals surface area contributed by atoms with Crippen molar-refractivity contribution < 1.29 is 9.47 Å². The largest absolute Gasteiger partial charge is 0.454 e. The molecule has 1 aliphatic rings. The molecule has 2 heterocycles. The van der Waals surface area contributed by atoms with Gasteiger partial charge < -0.3 is 20.5 Å². The molecular weight excluding hydrogens is 242 g/mol. The van der Waals surface area contributed by atoms with E-state index in [-0.39, 0.29) is 12.8 Å². The topological polar surface area (TPSA) is 69.4 Å². The number of ether oxygens (including phenoxy) is 2. The molecule has 1 atom stereocenters. The normalized spacial score (nSPS) is 14.6. The standard InChI is InChI=1S/C14H17N3O2/c1-9(15)2-4-16-14-11-7-13-12(18-8-19-13)6-10(11)3-5-17-14/h3,5-7,9H,2,4,8,15H2,1H3,(H,16,17). The van der Waals surface area contributed by atoms with Crippen LogP contribution in [0.5, 0.6) is 11.5 Å². The Balaban J connectivity index is 1.91. The predicted octanol–water partition coefficient (Wildman–Crippen LogP) is 2.11. The first-order valence-corrected chi connectivity index (χ1v) is 6.42. The number of aromatic nitrogens is 1. The molecule has 5 nitrogen and oxygen atoms in total. The van der Waals surface area contributed by atoms with Crippen LogP contribution in [0.25, 0.3) is 10.8 Å². The summed E-state index contributed by atoms with van der Waals surface area (Å²) in [6.45, 7) is 3.08. The highest BCUT2D eigenvalue weighted by Crippen LogP contribution is 2.37. The van der Waals surface area contributed by atoms with Gasteiger partial charge in [-0.25, -0.2) is 4.98 Å². The Bertz CT molecular complexity index is 599. The van der Waals surface area contributed by atoms with Crippen molar-refractivity contribution in [3.63, 3.8) is 0 Å². The van der Waals surface area contributed by atoms with Crippen LogP contribution < -0.4 is 20.5 Å². The van der Waals surface area contributed by atoms with Gasteiger partial charge in [-0.3, -0.25) is 0 Å². The molecule has 0 saturated carbocycles. The van der Waals surface area contributed by atoms with Crippen molar-refractivity contribution in [2.45, 2.75) is 19.4 Å². The predicted molar refractivity (Wildman–Crippen MR) is 74.6 cm³/mol. The van der Waals surface area contributed by atoms with Gasteiger partial charge in [-0.15, -0.1) is 0 Å². The van der Waals surface area contributed by atoms with E-state index in [0.717, 1.165) is 41.1 Å². The quantitative estimate of drug-likeness (QED) is 0.880. The molecule has 100 valence electrons. The Morgan fingerprint density at radius 3 is 2.95 bits per heavy atom. The number of hydrogen-bond donors (Lipinski definition) is 2. The molecule has 2 aromatic rings. The number of anilines is 1. The smallest absolute Gasteiger partial charge is 0.231 e. The van der Waals surface area contributed by atoms with Gasteiger partial charge in [-0.05, 0) is 36.9 Å². The molecule has 0 radical (unpaired) electrons. The van der Waals surface area contributed by atoms with E-state index in [0.29, 0.717) is 0 Å². The average Bonchev–Trinajstić information content (AvgIpc) is 2.83. The number of rotatable bonds is 4. The van der Waals surface area contributed by atoms with E-state index in [1.807, 2.05) is 25.1 Å². The van der Waals surface area contributed by atoms with E-state index >= 15 is 0 Å². The third kappa shape index (κ3) is 2.42. The van der Waals surface area contributed by atoms with Gasteiger partial charge >= 0.3 is 0 Å². The third-order valence-corrected chi connectivity index (χ3v) is 3.15. The van der Waals surface area contributed by atoms with Crippen LogP contribution in [0.3, 0.4) is 0 Å². The molecule has 0 amide bonds. The SMILES string of the molecule is CC(N)CCNc1nccc2cc3c(cc12)OCO3. The second-order valence-electron chi connectivity index (χ2n) is 4.78. The zero-order chi connectivity index (χ0) is 13.2. The lowest BCUT2D eigenvalue weighted by Gasteiger charge is -2.10. The lowest BCUT2D eigenvalue weighted by atomic mass is 10.1. The van der Waals surface area contributed by atoms with E-state index in [4.69, 9.17) is 15.2 Å². The highest BCUT2D eigenvalue weighted by atomic mass is 16.7. The van der Waals surface area contributed by atoms with Gasteiger partial charge in [0.1, 0.15) is 5.82 Å². The zero-order valence-corrected chi connectivity index (χ0v) is 10.8. The number of hydrogen-bond acceptors (Lipinski definition) is 5. The maximum absolute atomic E-state index is 5.75. The lowest BCUT2D eigenvalue weighted by Crippen LogP contribution is -2.19. The summed E-state index contributed by atoms with van der Waals surface area (Å²) in [5.41, 5.74) is 5.75. The van der Waals surface area contributed by atoms with Crippen LogP contribution in [0.2, 0.25) is 0 Å².